The van der Waals surface area contributed by atoms with Gasteiger partial charge in [0.15, 0.2) is 5.78 Å². The Morgan fingerprint density at radius 2 is 1.94 bits per heavy atom. The van der Waals surface area contributed by atoms with Crippen molar-refractivity contribution >= 4 is 13.4 Å². The molecule has 0 saturated carbocycles. The summed E-state index contributed by atoms with van der Waals surface area (Å²) in [7, 11) is -4.01. The van der Waals surface area contributed by atoms with Crippen molar-refractivity contribution in [3.8, 4) is 0 Å². The van der Waals surface area contributed by atoms with E-state index in [1.165, 1.54) is 6.92 Å². The monoisotopic (exact) mass is 270 g/mol. The van der Waals surface area contributed by atoms with Gasteiger partial charge in [0.25, 0.3) is 0 Å². The van der Waals surface area contributed by atoms with Crippen molar-refractivity contribution in [2.75, 3.05) is 0 Å². The molecule has 1 rings (SSSR count). The van der Waals surface area contributed by atoms with Gasteiger partial charge >= 0.3 is 7.60 Å². The van der Waals surface area contributed by atoms with Crippen LogP contribution in [0.4, 0.5) is 0 Å². The van der Waals surface area contributed by atoms with Gasteiger partial charge < -0.3 is 9.79 Å². The normalized spacial score (nSPS) is 13.3. The van der Waals surface area contributed by atoms with E-state index in [4.69, 9.17) is 9.79 Å². The maximum atomic E-state index is 11.9. The molecular weight excluding hydrogens is 251 g/mol. The molecule has 18 heavy (non-hydrogen) atoms. The highest BCUT2D eigenvalue weighted by atomic mass is 31.2. The van der Waals surface area contributed by atoms with Crippen LogP contribution in [0.3, 0.4) is 0 Å². The lowest BCUT2D eigenvalue weighted by Crippen LogP contribution is -2.06. The van der Waals surface area contributed by atoms with Crippen molar-refractivity contribution in [2.45, 2.75) is 38.8 Å². The van der Waals surface area contributed by atoms with E-state index in [-0.39, 0.29) is 5.78 Å². The number of Topliss-reactive ketones (excluding diaryl/α,β-unsaturated/α-hetero) is 1. The molecule has 0 aliphatic carbocycles. The second-order valence-corrected chi connectivity index (χ2v) is 6.63. The molecule has 0 radical (unpaired) electrons. The summed E-state index contributed by atoms with van der Waals surface area (Å²) in [6.07, 6.45) is 1.19. The van der Waals surface area contributed by atoms with Crippen molar-refractivity contribution < 1.29 is 19.1 Å². The van der Waals surface area contributed by atoms with Crippen LogP contribution in [0.2, 0.25) is 0 Å². The van der Waals surface area contributed by atoms with Gasteiger partial charge in [-0.1, -0.05) is 31.2 Å². The number of carbonyl (C=O) groups is 1. The van der Waals surface area contributed by atoms with Crippen molar-refractivity contribution in [1.82, 2.24) is 0 Å². The lowest BCUT2D eigenvalue weighted by molar-refractivity contribution is 0.0978. The Kier molecular flexibility index (Phi) is 5.27. The van der Waals surface area contributed by atoms with Gasteiger partial charge in [-0.2, -0.15) is 0 Å². The molecule has 0 saturated heterocycles. The first-order chi connectivity index (χ1) is 8.32. The van der Waals surface area contributed by atoms with Gasteiger partial charge in [0.2, 0.25) is 0 Å². The number of carbonyl (C=O) groups excluding carboxylic acids is 1. The third kappa shape index (κ3) is 4.37. The van der Waals surface area contributed by atoms with Gasteiger partial charge in [0, 0.05) is 12.0 Å². The average Bonchev–Trinajstić information content (AvgIpc) is 2.28. The topological polar surface area (TPSA) is 74.6 Å². The molecule has 0 aliphatic heterocycles. The van der Waals surface area contributed by atoms with Gasteiger partial charge in [0.05, 0.1) is 5.66 Å². The van der Waals surface area contributed by atoms with Crippen LogP contribution in [0.25, 0.3) is 0 Å². The molecule has 2 N–H and O–H groups in total. The number of hydrogen-bond donors (Lipinski definition) is 2. The highest BCUT2D eigenvalue weighted by Crippen LogP contribution is 2.43. The maximum absolute atomic E-state index is 11.9. The molecule has 1 aromatic rings. The Balaban J connectivity index is 2.48. The number of ketones is 1. The van der Waals surface area contributed by atoms with Crippen LogP contribution < -0.4 is 0 Å². The van der Waals surface area contributed by atoms with Crippen LogP contribution in [0.15, 0.2) is 24.3 Å². The zero-order valence-corrected chi connectivity index (χ0v) is 11.6. The van der Waals surface area contributed by atoms with Crippen LogP contribution >= 0.6 is 7.60 Å². The van der Waals surface area contributed by atoms with Gasteiger partial charge in [-0.15, -0.1) is 0 Å². The van der Waals surface area contributed by atoms with Gasteiger partial charge in [0.1, 0.15) is 0 Å². The lowest BCUT2D eigenvalue weighted by Gasteiger charge is -2.12. The zero-order valence-electron chi connectivity index (χ0n) is 10.7. The second kappa shape index (κ2) is 6.28. The van der Waals surface area contributed by atoms with Crippen molar-refractivity contribution in [3.05, 3.63) is 35.4 Å². The number of rotatable bonds is 6. The van der Waals surface area contributed by atoms with E-state index in [1.54, 1.807) is 6.07 Å². The highest BCUT2D eigenvalue weighted by molar-refractivity contribution is 7.52. The minimum atomic E-state index is -4.01. The van der Waals surface area contributed by atoms with E-state index in [0.717, 1.165) is 5.56 Å². The van der Waals surface area contributed by atoms with Crippen molar-refractivity contribution in [1.29, 1.82) is 0 Å². The summed E-state index contributed by atoms with van der Waals surface area (Å²) < 4.78 is 10.9. The van der Waals surface area contributed by atoms with E-state index in [2.05, 4.69) is 0 Å². The largest absolute Gasteiger partial charge is 0.328 e. The minimum Gasteiger partial charge on any atom is -0.324 e. The Hall–Kier alpha value is -0.960. The summed E-state index contributed by atoms with van der Waals surface area (Å²) in [6, 6.07) is 7.36. The van der Waals surface area contributed by atoms with Crippen LogP contribution in [0.5, 0.6) is 0 Å². The molecule has 0 heterocycles. The van der Waals surface area contributed by atoms with E-state index < -0.39 is 13.3 Å². The standard InChI is InChI=1S/C13H19O4P/c1-10-6-3-4-8-12(10)13(14)9-5-7-11(2)18(15,16)17/h3-4,6,8,11H,5,7,9H2,1-2H3,(H2,15,16,17). The van der Waals surface area contributed by atoms with Gasteiger partial charge in [-0.3, -0.25) is 9.36 Å². The van der Waals surface area contributed by atoms with Crippen molar-refractivity contribution in [2.24, 2.45) is 0 Å². The average molecular weight is 270 g/mol. The summed E-state index contributed by atoms with van der Waals surface area (Å²) in [5.41, 5.74) is 0.953. The molecular formula is C13H19O4P. The predicted octanol–water partition coefficient (Wildman–Crippen LogP) is 2.91. The Morgan fingerprint density at radius 1 is 1.33 bits per heavy atom. The quantitative estimate of drug-likeness (QED) is 0.615. The molecule has 0 aliphatic rings. The Bertz CT molecular complexity index is 464. The van der Waals surface area contributed by atoms with E-state index >= 15 is 0 Å². The number of aryl methyl sites for hydroxylation is 1. The third-order valence-corrected chi connectivity index (χ3v) is 4.45. The fourth-order valence-corrected chi connectivity index (χ4v) is 2.27. The molecule has 1 aromatic carbocycles. The van der Waals surface area contributed by atoms with E-state index in [0.29, 0.717) is 24.8 Å². The maximum Gasteiger partial charge on any atom is 0.328 e. The summed E-state index contributed by atoms with van der Waals surface area (Å²) in [4.78, 5) is 29.8. The van der Waals surface area contributed by atoms with Crippen LogP contribution in [-0.2, 0) is 4.57 Å². The first kappa shape index (κ1) is 15.1. The smallest absolute Gasteiger partial charge is 0.324 e. The molecule has 0 spiro atoms. The summed E-state index contributed by atoms with van der Waals surface area (Å²) in [5.74, 6) is 0.0333. The number of benzene rings is 1. The van der Waals surface area contributed by atoms with Crippen LogP contribution in [-0.4, -0.2) is 21.2 Å². The first-order valence-corrected chi connectivity index (χ1v) is 7.64. The highest BCUT2D eigenvalue weighted by Gasteiger charge is 2.23. The Morgan fingerprint density at radius 3 is 2.50 bits per heavy atom. The lowest BCUT2D eigenvalue weighted by atomic mass is 10.0. The molecule has 0 fully saturated rings. The SMILES string of the molecule is Cc1ccccc1C(=O)CCCC(C)P(=O)(O)O. The summed E-state index contributed by atoms with van der Waals surface area (Å²) in [5, 5.41) is 0. The first-order valence-electron chi connectivity index (χ1n) is 5.96. The van der Waals surface area contributed by atoms with E-state index in [1.807, 2.05) is 25.1 Å². The molecule has 1 atom stereocenters. The molecule has 0 aromatic heterocycles. The Labute approximate surface area is 107 Å². The molecule has 100 valence electrons. The van der Waals surface area contributed by atoms with Crippen LogP contribution in [0, 0.1) is 6.92 Å². The van der Waals surface area contributed by atoms with Crippen molar-refractivity contribution in [3.63, 3.8) is 0 Å². The summed E-state index contributed by atoms with van der Waals surface area (Å²) >= 11 is 0. The fourth-order valence-electron chi connectivity index (χ4n) is 1.75. The van der Waals surface area contributed by atoms with Gasteiger partial charge in [-0.25, -0.2) is 0 Å². The molecule has 0 bridgehead atoms. The molecule has 4 nitrogen and oxygen atoms in total. The van der Waals surface area contributed by atoms with E-state index in [9.17, 15) is 9.36 Å². The third-order valence-electron chi connectivity index (χ3n) is 3.05. The second-order valence-electron chi connectivity index (χ2n) is 4.57. The van der Waals surface area contributed by atoms with Gasteiger partial charge in [-0.05, 0) is 25.3 Å². The molecule has 1 unspecified atom stereocenters. The molecule has 5 heteroatoms. The van der Waals surface area contributed by atoms with Crippen LogP contribution in [0.1, 0.15) is 42.1 Å². The number of hydrogen-bond acceptors (Lipinski definition) is 2. The fraction of sp³-hybridized carbons (Fsp3) is 0.462. The summed E-state index contributed by atoms with van der Waals surface area (Å²) in [6.45, 7) is 3.39. The zero-order chi connectivity index (χ0) is 13.8. The molecule has 0 amide bonds. The minimum absolute atomic E-state index is 0.0333. The predicted molar refractivity (Wildman–Crippen MR) is 70.9 cm³/mol.